The Bertz CT molecular complexity index is 1670. The van der Waals surface area contributed by atoms with Crippen LogP contribution in [0.3, 0.4) is 0 Å². The molecule has 0 saturated heterocycles. The summed E-state index contributed by atoms with van der Waals surface area (Å²) in [5.74, 6) is -4.65. The fourth-order valence-corrected chi connectivity index (χ4v) is 7.57. The summed E-state index contributed by atoms with van der Waals surface area (Å²) in [6.45, 7) is 6.56. The first-order valence-corrected chi connectivity index (χ1v) is 15.8. The molecular formula is C35H45N3O8. The van der Waals surface area contributed by atoms with Gasteiger partial charge in [0.2, 0.25) is 5.78 Å². The second-order valence-electron chi connectivity index (χ2n) is 14.0. The average Bonchev–Trinajstić information content (AvgIpc) is 3.41. The number of phenolic OH excluding ortho intramolecular Hbond substituents is 1. The summed E-state index contributed by atoms with van der Waals surface area (Å²) in [5, 5.41) is 46.4. The smallest absolute Gasteiger partial charge is 0.255 e. The van der Waals surface area contributed by atoms with Crippen molar-refractivity contribution in [1.29, 1.82) is 0 Å². The number of aromatic hydroxyl groups is 1. The highest BCUT2D eigenvalue weighted by Crippen LogP contribution is 2.55. The van der Waals surface area contributed by atoms with Crippen molar-refractivity contribution in [3.63, 3.8) is 0 Å². The van der Waals surface area contributed by atoms with Gasteiger partial charge < -0.3 is 35.5 Å². The number of hydrogen-bond acceptors (Lipinski definition) is 10. The minimum absolute atomic E-state index is 0.0255. The molecule has 1 heterocycles. The number of hydrogen-bond donors (Lipinski definition) is 5. The lowest BCUT2D eigenvalue weighted by Gasteiger charge is -2.50. The minimum atomic E-state index is -2.69. The van der Waals surface area contributed by atoms with Gasteiger partial charge in [-0.3, -0.25) is 19.3 Å². The molecule has 5 rings (SSSR count). The number of furan rings is 1. The fourth-order valence-electron chi connectivity index (χ4n) is 7.57. The molecule has 1 aromatic carbocycles. The van der Waals surface area contributed by atoms with Crippen molar-refractivity contribution < 1.29 is 39.2 Å². The zero-order chi connectivity index (χ0) is 34.0. The first-order chi connectivity index (χ1) is 21.5. The molecule has 11 heteroatoms. The van der Waals surface area contributed by atoms with Crippen molar-refractivity contribution in [2.24, 2.45) is 29.4 Å². The van der Waals surface area contributed by atoms with Crippen LogP contribution in [-0.4, -0.2) is 82.6 Å². The van der Waals surface area contributed by atoms with E-state index in [0.717, 1.165) is 25.0 Å². The Morgan fingerprint density at radius 2 is 1.76 bits per heavy atom. The van der Waals surface area contributed by atoms with Crippen LogP contribution in [-0.2, 0) is 27.2 Å². The van der Waals surface area contributed by atoms with Gasteiger partial charge in [0.15, 0.2) is 11.4 Å². The van der Waals surface area contributed by atoms with Crippen molar-refractivity contribution in [3.8, 4) is 17.1 Å². The lowest BCUT2D eigenvalue weighted by atomic mass is 9.57. The molecule has 0 aliphatic heterocycles. The largest absolute Gasteiger partial charge is 0.508 e. The summed E-state index contributed by atoms with van der Waals surface area (Å²) >= 11 is 0. The van der Waals surface area contributed by atoms with Gasteiger partial charge in [0.1, 0.15) is 34.4 Å². The zero-order valence-electron chi connectivity index (χ0n) is 27.5. The van der Waals surface area contributed by atoms with Crippen LogP contribution in [0.5, 0.6) is 5.75 Å². The number of aliphatic hydroxyl groups is 3. The van der Waals surface area contributed by atoms with Gasteiger partial charge in [0.25, 0.3) is 5.91 Å². The van der Waals surface area contributed by atoms with E-state index < -0.39 is 58.0 Å². The van der Waals surface area contributed by atoms with Gasteiger partial charge in [0.05, 0.1) is 17.2 Å². The number of benzene rings is 1. The van der Waals surface area contributed by atoms with Crippen molar-refractivity contribution >= 4 is 28.9 Å². The predicted octanol–water partition coefficient (Wildman–Crippen LogP) is 3.90. The first-order valence-electron chi connectivity index (χ1n) is 15.8. The van der Waals surface area contributed by atoms with Gasteiger partial charge in [-0.1, -0.05) is 33.6 Å². The molecule has 46 heavy (non-hydrogen) atoms. The number of likely N-dealkylation sites (N-methyl/N-ethyl adjacent to an activating group) is 1. The standard InChI is InChI=1S/C35H45N3O8/c1-16(2)8-9-17(3)12-19-10-11-24(46-19)21-15-23(37(4)5)20-13-18-14-22-28(38(6)7)31(41)27(34(36)44)33(43)35(22,45)32(42)25(18)30(40)26(20)29(21)39/h10-11,15-18,22,28,39-40,43,45H,8-9,12-14H2,1-7H3,(H2,36,44)/t17?,18-,22-,28-,35-/m1/s1. The molecule has 5 atom stereocenters. The second-order valence-corrected chi connectivity index (χ2v) is 14.0. The maximum absolute atomic E-state index is 14.2. The number of carbonyl (C=O) groups excluding carboxylic acids is 3. The van der Waals surface area contributed by atoms with Gasteiger partial charge in [-0.25, -0.2) is 0 Å². The van der Waals surface area contributed by atoms with E-state index in [1.807, 2.05) is 25.1 Å². The van der Waals surface area contributed by atoms with E-state index in [1.54, 1.807) is 26.2 Å². The number of nitrogens with two attached hydrogens (primary N) is 1. The van der Waals surface area contributed by atoms with Crippen LogP contribution in [0.25, 0.3) is 17.1 Å². The van der Waals surface area contributed by atoms with Crippen LogP contribution < -0.4 is 10.6 Å². The molecule has 6 N–H and O–H groups in total. The van der Waals surface area contributed by atoms with Crippen molar-refractivity contribution in [3.05, 3.63) is 52.0 Å². The van der Waals surface area contributed by atoms with E-state index in [9.17, 15) is 34.8 Å². The number of carbonyl (C=O) groups is 3. The van der Waals surface area contributed by atoms with E-state index in [-0.39, 0.29) is 29.7 Å². The Morgan fingerprint density at radius 1 is 1.09 bits per heavy atom. The number of fused-ring (bicyclic) bond motifs is 3. The third-order valence-corrected chi connectivity index (χ3v) is 9.89. The van der Waals surface area contributed by atoms with Crippen LogP contribution in [0.2, 0.25) is 0 Å². The third-order valence-electron chi connectivity index (χ3n) is 9.89. The minimum Gasteiger partial charge on any atom is -0.508 e. The van der Waals surface area contributed by atoms with Crippen molar-refractivity contribution in [2.75, 3.05) is 33.1 Å². The van der Waals surface area contributed by atoms with Crippen LogP contribution in [0.4, 0.5) is 5.69 Å². The molecule has 1 aromatic heterocycles. The maximum Gasteiger partial charge on any atom is 0.255 e. The van der Waals surface area contributed by atoms with Gasteiger partial charge in [0, 0.05) is 37.7 Å². The highest BCUT2D eigenvalue weighted by Gasteiger charge is 2.64. The molecule has 2 aromatic rings. The molecule has 11 nitrogen and oxygen atoms in total. The predicted molar refractivity (Wildman–Crippen MR) is 173 cm³/mol. The molecule has 3 aliphatic rings. The summed E-state index contributed by atoms with van der Waals surface area (Å²) in [6, 6.07) is 4.30. The molecule has 1 amide bonds. The van der Waals surface area contributed by atoms with E-state index >= 15 is 0 Å². The van der Waals surface area contributed by atoms with Gasteiger partial charge in [-0.15, -0.1) is 0 Å². The quantitative estimate of drug-likeness (QED) is 0.254. The number of rotatable bonds is 9. The molecule has 1 saturated carbocycles. The van der Waals surface area contributed by atoms with Crippen molar-refractivity contribution in [2.45, 2.75) is 64.5 Å². The van der Waals surface area contributed by atoms with Crippen LogP contribution in [0.1, 0.15) is 56.9 Å². The summed E-state index contributed by atoms with van der Waals surface area (Å²) in [5.41, 5.74) is 3.33. The molecule has 0 bridgehead atoms. The fraction of sp³-hybridized carbons (Fsp3) is 0.514. The SMILES string of the molecule is CC(C)CCC(C)Cc1ccc(-c2cc(N(C)C)c3c(c2O)C(O)=C2C(=O)[C@@]4(O)C(O)=C(C(N)=O)C(=O)[C@H](N(C)C)[C@H]4C[C@H]2C3)o1. The Hall–Kier alpha value is -4.09. The number of Topliss-reactive ketones (excluding diaryl/α,β-unsaturated/α-hetero) is 2. The first kappa shape index (κ1) is 33.3. The number of amides is 1. The zero-order valence-corrected chi connectivity index (χ0v) is 27.5. The molecule has 248 valence electrons. The number of phenols is 1. The summed E-state index contributed by atoms with van der Waals surface area (Å²) < 4.78 is 6.19. The molecule has 1 fully saturated rings. The Labute approximate surface area is 269 Å². The number of anilines is 1. The van der Waals surface area contributed by atoms with E-state index in [2.05, 4.69) is 20.8 Å². The summed E-state index contributed by atoms with van der Waals surface area (Å²) in [4.78, 5) is 43.1. The highest BCUT2D eigenvalue weighted by atomic mass is 16.4. The lowest BCUT2D eigenvalue weighted by molar-refractivity contribution is -0.153. The number of nitrogens with zero attached hydrogens (tertiary/aromatic N) is 2. The Balaban J connectivity index is 1.63. The van der Waals surface area contributed by atoms with Gasteiger partial charge in [-0.2, -0.15) is 0 Å². The van der Waals surface area contributed by atoms with Gasteiger partial charge >= 0.3 is 0 Å². The third kappa shape index (κ3) is 5.19. The van der Waals surface area contributed by atoms with Crippen LogP contribution >= 0.6 is 0 Å². The van der Waals surface area contributed by atoms with E-state index in [1.165, 1.54) is 4.90 Å². The van der Waals surface area contributed by atoms with Crippen molar-refractivity contribution in [1.82, 2.24) is 4.90 Å². The van der Waals surface area contributed by atoms with Crippen LogP contribution in [0.15, 0.2) is 39.5 Å². The highest BCUT2D eigenvalue weighted by molar-refractivity contribution is 6.24. The molecule has 0 radical (unpaired) electrons. The normalized spacial score (nSPS) is 25.1. The number of ketones is 2. The van der Waals surface area contributed by atoms with Crippen LogP contribution in [0, 0.1) is 23.7 Å². The van der Waals surface area contributed by atoms with E-state index in [4.69, 9.17) is 10.2 Å². The topological polar surface area (TPSA) is 178 Å². The summed E-state index contributed by atoms with van der Waals surface area (Å²) in [6.07, 6.45) is 3.12. The van der Waals surface area contributed by atoms with Gasteiger partial charge in [-0.05, 0) is 68.5 Å². The summed E-state index contributed by atoms with van der Waals surface area (Å²) in [7, 11) is 6.81. The van der Waals surface area contributed by atoms with E-state index in [0.29, 0.717) is 34.4 Å². The molecule has 1 unspecified atom stereocenters. The second kappa shape index (κ2) is 11.9. The molecule has 0 spiro atoms. The average molecular weight is 636 g/mol. The lowest BCUT2D eigenvalue weighted by Crippen LogP contribution is -2.65. The Morgan fingerprint density at radius 3 is 2.35 bits per heavy atom. The Kier molecular flexibility index (Phi) is 8.63. The number of primary amides is 1. The molecular weight excluding hydrogens is 590 g/mol. The molecule has 3 aliphatic carbocycles. The number of aliphatic hydroxyl groups excluding tert-OH is 2. The monoisotopic (exact) mass is 635 g/mol. The maximum atomic E-state index is 14.2.